The molecule has 2 N–H and O–H groups in total. The molecule has 0 fully saturated rings. The average molecular weight is 308 g/mol. The molecule has 16 heavy (non-hydrogen) atoms. The van der Waals surface area contributed by atoms with Crippen LogP contribution in [0.4, 0.5) is 0 Å². The van der Waals surface area contributed by atoms with E-state index in [2.05, 4.69) is 20.9 Å². The summed E-state index contributed by atoms with van der Waals surface area (Å²) in [6.07, 6.45) is 3.51. The van der Waals surface area contributed by atoms with E-state index in [0.29, 0.717) is 24.0 Å². The SMILES string of the molecule is CN(CCCN)S(=O)(=O)c1cncc(Br)c1. The third kappa shape index (κ3) is 3.24. The van der Waals surface area contributed by atoms with Crippen LogP contribution in [-0.4, -0.2) is 37.8 Å². The second-order valence-electron chi connectivity index (χ2n) is 3.31. The molecule has 1 aromatic rings. The maximum Gasteiger partial charge on any atom is 0.244 e. The van der Waals surface area contributed by atoms with Crippen LogP contribution in [0.25, 0.3) is 0 Å². The highest BCUT2D eigenvalue weighted by Gasteiger charge is 2.20. The van der Waals surface area contributed by atoms with Gasteiger partial charge in [0.1, 0.15) is 4.90 Å². The van der Waals surface area contributed by atoms with Crippen molar-refractivity contribution in [1.29, 1.82) is 0 Å². The second kappa shape index (κ2) is 5.72. The van der Waals surface area contributed by atoms with Crippen molar-refractivity contribution in [2.45, 2.75) is 11.3 Å². The van der Waals surface area contributed by atoms with Crippen LogP contribution in [0.15, 0.2) is 27.8 Å². The van der Waals surface area contributed by atoms with Gasteiger partial charge in [0.2, 0.25) is 10.0 Å². The van der Waals surface area contributed by atoms with Gasteiger partial charge < -0.3 is 5.73 Å². The number of sulfonamides is 1. The van der Waals surface area contributed by atoms with E-state index in [9.17, 15) is 8.42 Å². The predicted octanol–water partition coefficient (Wildman–Crippen LogP) is 0.813. The van der Waals surface area contributed by atoms with Crippen LogP contribution >= 0.6 is 15.9 Å². The molecule has 0 amide bonds. The van der Waals surface area contributed by atoms with Crippen LogP contribution in [0.2, 0.25) is 0 Å². The first-order valence-corrected chi connectivity index (χ1v) is 6.98. The molecule has 5 nitrogen and oxygen atoms in total. The molecule has 0 aliphatic rings. The van der Waals surface area contributed by atoms with Crippen LogP contribution < -0.4 is 5.73 Å². The minimum absolute atomic E-state index is 0.182. The summed E-state index contributed by atoms with van der Waals surface area (Å²) in [5.41, 5.74) is 5.34. The van der Waals surface area contributed by atoms with E-state index in [0.717, 1.165) is 0 Å². The molecule has 1 rings (SSSR count). The van der Waals surface area contributed by atoms with Gasteiger partial charge in [0, 0.05) is 30.5 Å². The van der Waals surface area contributed by atoms with Gasteiger partial charge in [-0.25, -0.2) is 12.7 Å². The molecule has 0 atom stereocenters. The van der Waals surface area contributed by atoms with Crippen molar-refractivity contribution in [2.24, 2.45) is 5.73 Å². The Labute approximate surface area is 104 Å². The number of pyridine rings is 1. The summed E-state index contributed by atoms with van der Waals surface area (Å²) in [5, 5.41) is 0. The average Bonchev–Trinajstić information content (AvgIpc) is 2.25. The van der Waals surface area contributed by atoms with Crippen molar-refractivity contribution in [3.05, 3.63) is 22.9 Å². The van der Waals surface area contributed by atoms with Gasteiger partial charge in [-0.2, -0.15) is 0 Å². The van der Waals surface area contributed by atoms with Gasteiger partial charge in [0.15, 0.2) is 0 Å². The lowest BCUT2D eigenvalue weighted by Gasteiger charge is -2.16. The lowest BCUT2D eigenvalue weighted by atomic mass is 10.4. The third-order valence-corrected chi connectivity index (χ3v) is 4.32. The number of aromatic nitrogens is 1. The number of halogens is 1. The van der Waals surface area contributed by atoms with Crippen LogP contribution in [-0.2, 0) is 10.0 Å². The van der Waals surface area contributed by atoms with Crippen LogP contribution in [0.1, 0.15) is 6.42 Å². The molecule has 0 bridgehead atoms. The van der Waals surface area contributed by atoms with E-state index in [1.807, 2.05) is 0 Å². The third-order valence-electron chi connectivity index (χ3n) is 2.07. The summed E-state index contributed by atoms with van der Waals surface area (Å²) in [6, 6.07) is 1.53. The molecular weight excluding hydrogens is 294 g/mol. The summed E-state index contributed by atoms with van der Waals surface area (Å²) < 4.78 is 25.9. The Morgan fingerprint density at radius 2 is 2.19 bits per heavy atom. The highest BCUT2D eigenvalue weighted by Crippen LogP contribution is 2.17. The van der Waals surface area contributed by atoms with E-state index < -0.39 is 10.0 Å². The summed E-state index contributed by atoms with van der Waals surface area (Å²) >= 11 is 3.19. The Kier molecular flexibility index (Phi) is 4.85. The number of hydrogen-bond acceptors (Lipinski definition) is 4. The van der Waals surface area contributed by atoms with Gasteiger partial charge in [-0.05, 0) is 35.0 Å². The first-order valence-electron chi connectivity index (χ1n) is 4.75. The van der Waals surface area contributed by atoms with Crippen molar-refractivity contribution in [3.8, 4) is 0 Å². The fraction of sp³-hybridized carbons (Fsp3) is 0.444. The van der Waals surface area contributed by atoms with E-state index in [-0.39, 0.29) is 4.90 Å². The largest absolute Gasteiger partial charge is 0.330 e. The molecule has 0 aliphatic heterocycles. The van der Waals surface area contributed by atoms with Crippen molar-refractivity contribution in [1.82, 2.24) is 9.29 Å². The van der Waals surface area contributed by atoms with Gasteiger partial charge in [-0.1, -0.05) is 0 Å². The van der Waals surface area contributed by atoms with Crippen molar-refractivity contribution >= 4 is 26.0 Å². The number of rotatable bonds is 5. The molecule has 0 aliphatic carbocycles. The van der Waals surface area contributed by atoms with Gasteiger partial charge in [0.05, 0.1) is 0 Å². The van der Waals surface area contributed by atoms with Crippen LogP contribution in [0.5, 0.6) is 0 Å². The molecule has 0 spiro atoms. The topological polar surface area (TPSA) is 76.3 Å². The molecular formula is C9H14BrN3O2S. The Hall–Kier alpha value is -0.500. The molecule has 7 heteroatoms. The number of nitrogens with two attached hydrogens (primary N) is 1. The second-order valence-corrected chi connectivity index (χ2v) is 6.27. The highest BCUT2D eigenvalue weighted by molar-refractivity contribution is 9.10. The lowest BCUT2D eigenvalue weighted by molar-refractivity contribution is 0.463. The summed E-state index contributed by atoms with van der Waals surface area (Å²) in [7, 11) is -1.91. The van der Waals surface area contributed by atoms with E-state index >= 15 is 0 Å². The van der Waals surface area contributed by atoms with Gasteiger partial charge in [0.25, 0.3) is 0 Å². The minimum atomic E-state index is -3.45. The zero-order valence-electron chi connectivity index (χ0n) is 8.93. The quantitative estimate of drug-likeness (QED) is 0.873. The summed E-state index contributed by atoms with van der Waals surface area (Å²) in [5.74, 6) is 0. The lowest BCUT2D eigenvalue weighted by Crippen LogP contribution is -2.29. The molecule has 0 aromatic carbocycles. The maximum atomic E-state index is 12.0. The van der Waals surface area contributed by atoms with E-state index in [1.165, 1.54) is 23.6 Å². The zero-order chi connectivity index (χ0) is 12.2. The Morgan fingerprint density at radius 1 is 1.50 bits per heavy atom. The van der Waals surface area contributed by atoms with Crippen molar-refractivity contribution in [3.63, 3.8) is 0 Å². The van der Waals surface area contributed by atoms with Crippen molar-refractivity contribution in [2.75, 3.05) is 20.1 Å². The highest BCUT2D eigenvalue weighted by atomic mass is 79.9. The Balaban J connectivity index is 2.93. The van der Waals surface area contributed by atoms with Gasteiger partial charge >= 0.3 is 0 Å². The number of hydrogen-bond donors (Lipinski definition) is 1. The summed E-state index contributed by atoms with van der Waals surface area (Å²) in [6.45, 7) is 0.877. The fourth-order valence-electron chi connectivity index (χ4n) is 1.15. The van der Waals surface area contributed by atoms with Gasteiger partial charge in [-0.3, -0.25) is 4.98 Å². The monoisotopic (exact) mass is 307 g/mol. The predicted molar refractivity (Wildman–Crippen MR) is 65.4 cm³/mol. The Morgan fingerprint density at radius 3 is 2.75 bits per heavy atom. The molecule has 0 radical (unpaired) electrons. The number of nitrogens with zero attached hydrogens (tertiary/aromatic N) is 2. The molecule has 0 unspecified atom stereocenters. The zero-order valence-corrected chi connectivity index (χ0v) is 11.3. The molecule has 0 saturated carbocycles. The van der Waals surface area contributed by atoms with Crippen LogP contribution in [0.3, 0.4) is 0 Å². The molecule has 90 valence electrons. The van der Waals surface area contributed by atoms with Crippen LogP contribution in [0, 0.1) is 0 Å². The summed E-state index contributed by atoms with van der Waals surface area (Å²) in [4.78, 5) is 4.02. The maximum absolute atomic E-state index is 12.0. The normalized spacial score (nSPS) is 12.0. The van der Waals surface area contributed by atoms with Gasteiger partial charge in [-0.15, -0.1) is 0 Å². The Bertz CT molecular complexity index is 450. The van der Waals surface area contributed by atoms with E-state index in [4.69, 9.17) is 5.73 Å². The first kappa shape index (κ1) is 13.6. The molecule has 1 aromatic heterocycles. The molecule has 1 heterocycles. The fourth-order valence-corrected chi connectivity index (χ4v) is 2.86. The van der Waals surface area contributed by atoms with E-state index in [1.54, 1.807) is 6.20 Å². The first-order chi connectivity index (χ1) is 7.48. The van der Waals surface area contributed by atoms with Crippen molar-refractivity contribution < 1.29 is 8.42 Å². The standard InChI is InChI=1S/C9H14BrN3O2S/c1-13(4-2-3-11)16(14,15)9-5-8(10)6-12-7-9/h5-7H,2-4,11H2,1H3. The minimum Gasteiger partial charge on any atom is -0.330 e. The smallest absolute Gasteiger partial charge is 0.244 e. The molecule has 0 saturated heterocycles.